The van der Waals surface area contributed by atoms with E-state index in [2.05, 4.69) is 26.1 Å². The lowest BCUT2D eigenvalue weighted by Gasteiger charge is -2.04. The molecule has 0 unspecified atom stereocenters. The molecule has 72 valence electrons. The number of benzene rings is 1. The Morgan fingerprint density at radius 3 is 2.79 bits per heavy atom. The molecule has 0 saturated heterocycles. The summed E-state index contributed by atoms with van der Waals surface area (Å²) >= 11 is 9.43. The Hall–Kier alpha value is -0.870. The summed E-state index contributed by atoms with van der Waals surface area (Å²) in [5, 5.41) is 8.04. The van der Waals surface area contributed by atoms with Crippen molar-refractivity contribution < 1.29 is 4.42 Å². The summed E-state index contributed by atoms with van der Waals surface area (Å²) in [5.41, 5.74) is 1.78. The molecule has 1 aromatic heterocycles. The Bertz CT molecular complexity index is 433. The molecule has 5 heteroatoms. The second kappa shape index (κ2) is 3.71. The minimum atomic E-state index is 0.444. The summed E-state index contributed by atoms with van der Waals surface area (Å²) in [6, 6.07) is 3.75. The van der Waals surface area contributed by atoms with Gasteiger partial charge in [0.05, 0.1) is 10.6 Å². The first-order chi connectivity index (χ1) is 6.68. The van der Waals surface area contributed by atoms with Gasteiger partial charge >= 0.3 is 0 Å². The highest BCUT2D eigenvalue weighted by Gasteiger charge is 2.12. The minimum absolute atomic E-state index is 0.444. The van der Waals surface area contributed by atoms with Crippen LogP contribution in [0.4, 0.5) is 0 Å². The zero-order valence-electron chi connectivity index (χ0n) is 7.29. The molecule has 0 bridgehead atoms. The number of nitrogens with zero attached hydrogens (tertiary/aromatic N) is 2. The van der Waals surface area contributed by atoms with E-state index < -0.39 is 0 Å². The fraction of sp³-hybridized carbons (Fsp3) is 0.111. The normalized spacial score (nSPS) is 10.5. The Balaban J connectivity index is 2.64. The van der Waals surface area contributed by atoms with Crippen molar-refractivity contribution in [2.24, 2.45) is 0 Å². The average Bonchev–Trinajstić information content (AvgIpc) is 2.54. The predicted octanol–water partition coefficient (Wildman–Crippen LogP) is 3.46. The van der Waals surface area contributed by atoms with E-state index in [1.807, 2.05) is 13.0 Å². The Morgan fingerprint density at radius 1 is 1.43 bits per heavy atom. The molecule has 0 radical (unpaired) electrons. The van der Waals surface area contributed by atoms with Gasteiger partial charge in [0.1, 0.15) is 0 Å². The second-order valence-corrected chi connectivity index (χ2v) is 4.15. The summed E-state index contributed by atoms with van der Waals surface area (Å²) < 4.78 is 6.03. The van der Waals surface area contributed by atoms with Crippen LogP contribution in [0.3, 0.4) is 0 Å². The first-order valence-electron chi connectivity index (χ1n) is 3.90. The lowest BCUT2D eigenvalue weighted by Crippen LogP contribution is -1.85. The summed E-state index contributed by atoms with van der Waals surface area (Å²) in [6.45, 7) is 1.94. The molecule has 0 saturated carbocycles. The van der Waals surface area contributed by atoms with Crippen LogP contribution in [0, 0.1) is 6.92 Å². The van der Waals surface area contributed by atoms with Gasteiger partial charge in [0.15, 0.2) is 0 Å². The van der Waals surface area contributed by atoms with Crippen LogP contribution in [0.2, 0.25) is 5.02 Å². The zero-order valence-corrected chi connectivity index (χ0v) is 9.63. The highest BCUT2D eigenvalue weighted by atomic mass is 79.9. The van der Waals surface area contributed by atoms with Crippen molar-refractivity contribution in [3.63, 3.8) is 0 Å². The molecule has 0 spiro atoms. The molecule has 0 fully saturated rings. The molecular weight excluding hydrogens is 267 g/mol. The van der Waals surface area contributed by atoms with Crippen molar-refractivity contribution in [1.82, 2.24) is 10.2 Å². The van der Waals surface area contributed by atoms with E-state index >= 15 is 0 Å². The van der Waals surface area contributed by atoms with Crippen LogP contribution < -0.4 is 0 Å². The maximum absolute atomic E-state index is 6.07. The van der Waals surface area contributed by atoms with Crippen LogP contribution in [-0.4, -0.2) is 10.2 Å². The lowest BCUT2D eigenvalue weighted by molar-refractivity contribution is 0.568. The molecule has 0 amide bonds. The van der Waals surface area contributed by atoms with E-state index in [9.17, 15) is 0 Å². The molecule has 0 atom stereocenters. The Kier molecular flexibility index (Phi) is 2.56. The van der Waals surface area contributed by atoms with Crippen LogP contribution in [0.5, 0.6) is 0 Å². The van der Waals surface area contributed by atoms with E-state index in [-0.39, 0.29) is 0 Å². The molecule has 0 aliphatic heterocycles. The van der Waals surface area contributed by atoms with Gasteiger partial charge in [-0.1, -0.05) is 27.5 Å². The Labute approximate surface area is 94.2 Å². The van der Waals surface area contributed by atoms with E-state index in [1.165, 1.54) is 6.39 Å². The maximum atomic E-state index is 6.07. The fourth-order valence-electron chi connectivity index (χ4n) is 1.26. The molecule has 0 aliphatic rings. The monoisotopic (exact) mass is 272 g/mol. The van der Waals surface area contributed by atoms with Crippen molar-refractivity contribution in [1.29, 1.82) is 0 Å². The smallest absolute Gasteiger partial charge is 0.249 e. The number of aromatic nitrogens is 2. The highest BCUT2D eigenvalue weighted by molar-refractivity contribution is 9.10. The topological polar surface area (TPSA) is 38.9 Å². The quantitative estimate of drug-likeness (QED) is 0.798. The van der Waals surface area contributed by atoms with Crippen LogP contribution in [0.15, 0.2) is 27.4 Å². The summed E-state index contributed by atoms with van der Waals surface area (Å²) in [5.74, 6) is 0.444. The van der Waals surface area contributed by atoms with Gasteiger partial charge in [0, 0.05) is 4.47 Å². The summed E-state index contributed by atoms with van der Waals surface area (Å²) in [6.07, 6.45) is 1.28. The molecule has 2 aromatic rings. The van der Waals surface area contributed by atoms with Crippen LogP contribution in [-0.2, 0) is 0 Å². The average molecular weight is 274 g/mol. The van der Waals surface area contributed by atoms with Gasteiger partial charge in [-0.15, -0.1) is 10.2 Å². The highest BCUT2D eigenvalue weighted by Crippen LogP contribution is 2.32. The second-order valence-electron chi connectivity index (χ2n) is 2.82. The van der Waals surface area contributed by atoms with Gasteiger partial charge in [0.25, 0.3) is 0 Å². The third-order valence-corrected chi connectivity index (χ3v) is 2.58. The van der Waals surface area contributed by atoms with Gasteiger partial charge in [-0.3, -0.25) is 0 Å². The lowest BCUT2D eigenvalue weighted by atomic mass is 10.1. The summed E-state index contributed by atoms with van der Waals surface area (Å²) in [7, 11) is 0. The van der Waals surface area contributed by atoms with Crippen LogP contribution in [0.25, 0.3) is 11.5 Å². The number of rotatable bonds is 1. The number of halogens is 2. The largest absolute Gasteiger partial charge is 0.423 e. The van der Waals surface area contributed by atoms with E-state index in [0.29, 0.717) is 10.9 Å². The number of aryl methyl sites for hydroxylation is 1. The molecule has 14 heavy (non-hydrogen) atoms. The SMILES string of the molecule is Cc1cc(Br)cc(Cl)c1-c1nnco1. The Morgan fingerprint density at radius 2 is 2.21 bits per heavy atom. The molecule has 1 aromatic carbocycles. The van der Waals surface area contributed by atoms with E-state index in [4.69, 9.17) is 16.0 Å². The van der Waals surface area contributed by atoms with Crippen molar-refractivity contribution in [2.45, 2.75) is 6.92 Å². The van der Waals surface area contributed by atoms with Gasteiger partial charge in [-0.25, -0.2) is 0 Å². The standard InChI is InChI=1S/C9H6BrClN2O/c1-5-2-6(10)3-7(11)8(5)9-13-12-4-14-9/h2-4H,1H3. The third kappa shape index (κ3) is 1.67. The minimum Gasteiger partial charge on any atom is -0.423 e. The molecule has 2 rings (SSSR count). The molecule has 3 nitrogen and oxygen atoms in total. The maximum Gasteiger partial charge on any atom is 0.249 e. The predicted molar refractivity (Wildman–Crippen MR) is 57.2 cm³/mol. The zero-order chi connectivity index (χ0) is 10.1. The molecule has 0 aliphatic carbocycles. The van der Waals surface area contributed by atoms with Crippen molar-refractivity contribution in [3.05, 3.63) is 33.6 Å². The number of hydrogen-bond acceptors (Lipinski definition) is 3. The van der Waals surface area contributed by atoms with Gasteiger partial charge in [-0.05, 0) is 24.6 Å². The summed E-state index contributed by atoms with van der Waals surface area (Å²) in [4.78, 5) is 0. The van der Waals surface area contributed by atoms with Crippen molar-refractivity contribution >= 4 is 27.5 Å². The van der Waals surface area contributed by atoms with E-state index in [1.54, 1.807) is 6.07 Å². The molecular formula is C9H6BrClN2O. The number of hydrogen-bond donors (Lipinski definition) is 0. The van der Waals surface area contributed by atoms with E-state index in [0.717, 1.165) is 15.6 Å². The molecule has 0 N–H and O–H groups in total. The first-order valence-corrected chi connectivity index (χ1v) is 5.08. The first kappa shape index (κ1) is 9.68. The van der Waals surface area contributed by atoms with Crippen molar-refractivity contribution in [2.75, 3.05) is 0 Å². The van der Waals surface area contributed by atoms with Crippen LogP contribution in [0.1, 0.15) is 5.56 Å². The van der Waals surface area contributed by atoms with Gasteiger partial charge in [-0.2, -0.15) is 0 Å². The van der Waals surface area contributed by atoms with Gasteiger partial charge < -0.3 is 4.42 Å². The molecule has 1 heterocycles. The fourth-order valence-corrected chi connectivity index (χ4v) is 2.31. The van der Waals surface area contributed by atoms with Gasteiger partial charge in [0.2, 0.25) is 12.3 Å². The third-order valence-electron chi connectivity index (χ3n) is 1.83. The van der Waals surface area contributed by atoms with Crippen LogP contribution >= 0.6 is 27.5 Å². The van der Waals surface area contributed by atoms with Crippen molar-refractivity contribution in [3.8, 4) is 11.5 Å².